The van der Waals surface area contributed by atoms with Crippen LogP contribution in [0.25, 0.3) is 0 Å². The van der Waals surface area contributed by atoms with Gasteiger partial charge in [0.25, 0.3) is 0 Å². The molecule has 3 nitrogen and oxygen atoms in total. The smallest absolute Gasteiger partial charge is 0.163 e. The molecule has 1 aromatic rings. The number of aliphatic hydroxyl groups is 1. The molecule has 4 bridgehead atoms. The first-order valence-corrected chi connectivity index (χ1v) is 8.32. The summed E-state index contributed by atoms with van der Waals surface area (Å²) in [5.41, 5.74) is 0.115. The van der Waals surface area contributed by atoms with E-state index >= 15 is 0 Å². The Bertz CT molecular complexity index is 593. The van der Waals surface area contributed by atoms with Gasteiger partial charge in [0.2, 0.25) is 0 Å². The van der Waals surface area contributed by atoms with Crippen molar-refractivity contribution in [2.24, 2.45) is 17.3 Å². The van der Waals surface area contributed by atoms with Crippen LogP contribution in [0.5, 0.6) is 0 Å². The number of nitrogens with one attached hydrogen (secondary N) is 1. The van der Waals surface area contributed by atoms with Crippen molar-refractivity contribution >= 4 is 11.5 Å². The van der Waals surface area contributed by atoms with E-state index < -0.39 is 5.60 Å². The van der Waals surface area contributed by atoms with E-state index in [1.807, 2.05) is 30.3 Å². The summed E-state index contributed by atoms with van der Waals surface area (Å²) in [5, 5.41) is 13.9. The normalized spacial score (nSPS) is 39.3. The second-order valence-electron chi connectivity index (χ2n) is 7.67. The van der Waals surface area contributed by atoms with Gasteiger partial charge < -0.3 is 10.4 Å². The molecule has 4 saturated carbocycles. The van der Waals surface area contributed by atoms with Crippen molar-refractivity contribution in [1.29, 1.82) is 0 Å². The Morgan fingerprint density at radius 3 is 2.45 bits per heavy atom. The van der Waals surface area contributed by atoms with E-state index in [2.05, 4.69) is 5.32 Å². The molecule has 0 saturated heterocycles. The maximum Gasteiger partial charge on any atom is 0.163 e. The third-order valence-electron chi connectivity index (χ3n) is 5.81. The molecule has 0 heterocycles. The van der Waals surface area contributed by atoms with Crippen molar-refractivity contribution in [2.75, 3.05) is 5.32 Å². The predicted molar refractivity (Wildman–Crippen MR) is 86.3 cm³/mol. The van der Waals surface area contributed by atoms with Gasteiger partial charge in [-0.25, -0.2) is 0 Å². The molecule has 0 aromatic heterocycles. The first-order valence-electron chi connectivity index (χ1n) is 8.32. The quantitative estimate of drug-likeness (QED) is 0.836. The molecule has 0 aliphatic heterocycles. The third-order valence-corrected chi connectivity index (χ3v) is 5.81. The van der Waals surface area contributed by atoms with Gasteiger partial charge in [0.05, 0.1) is 5.60 Å². The number of hydrogen-bond acceptors (Lipinski definition) is 3. The summed E-state index contributed by atoms with van der Waals surface area (Å²) in [4.78, 5) is 12.8. The number of hydrogen-bond donors (Lipinski definition) is 2. The largest absolute Gasteiger partial charge is 0.390 e. The first-order chi connectivity index (χ1) is 10.6. The van der Waals surface area contributed by atoms with E-state index in [9.17, 15) is 9.90 Å². The molecule has 1 aromatic carbocycles. The molecule has 0 spiro atoms. The van der Waals surface area contributed by atoms with Gasteiger partial charge in [-0.15, -0.1) is 0 Å². The van der Waals surface area contributed by atoms with Gasteiger partial charge in [-0.1, -0.05) is 18.2 Å². The van der Waals surface area contributed by atoms with Gasteiger partial charge in [0, 0.05) is 17.3 Å². The Kier molecular flexibility index (Phi) is 3.15. The van der Waals surface area contributed by atoms with Crippen molar-refractivity contribution in [3.8, 4) is 0 Å². The second kappa shape index (κ2) is 4.95. The van der Waals surface area contributed by atoms with Crippen LogP contribution in [0.3, 0.4) is 0 Å². The van der Waals surface area contributed by atoms with E-state index in [0.717, 1.165) is 31.4 Å². The summed E-state index contributed by atoms with van der Waals surface area (Å²) >= 11 is 0. The van der Waals surface area contributed by atoms with Gasteiger partial charge in [0.15, 0.2) is 5.78 Å². The van der Waals surface area contributed by atoms with Gasteiger partial charge >= 0.3 is 0 Å². The van der Waals surface area contributed by atoms with Crippen molar-refractivity contribution in [3.05, 3.63) is 42.6 Å². The van der Waals surface area contributed by atoms with Crippen LogP contribution in [0.2, 0.25) is 0 Å². The third kappa shape index (κ3) is 2.38. The molecular formula is C19H23NO2. The van der Waals surface area contributed by atoms with Crippen molar-refractivity contribution in [2.45, 2.75) is 44.1 Å². The number of rotatable bonds is 4. The molecule has 2 N–H and O–H groups in total. The highest BCUT2D eigenvalue weighted by Crippen LogP contribution is 2.61. The van der Waals surface area contributed by atoms with Crippen LogP contribution in [0, 0.1) is 17.3 Å². The summed E-state index contributed by atoms with van der Waals surface area (Å²) < 4.78 is 0. The molecule has 0 radical (unpaired) electrons. The zero-order valence-corrected chi connectivity index (χ0v) is 12.8. The Morgan fingerprint density at radius 1 is 1.14 bits per heavy atom. The maximum atomic E-state index is 12.8. The number of anilines is 1. The monoisotopic (exact) mass is 297 g/mol. The number of allylic oxidation sites excluding steroid dienone is 1. The minimum absolute atomic E-state index is 0.198. The Labute approximate surface area is 131 Å². The minimum atomic E-state index is -0.569. The highest BCUT2D eigenvalue weighted by molar-refractivity contribution is 5.95. The van der Waals surface area contributed by atoms with E-state index in [1.54, 1.807) is 12.3 Å². The molecule has 2 unspecified atom stereocenters. The van der Waals surface area contributed by atoms with Crippen molar-refractivity contribution in [3.63, 3.8) is 0 Å². The first kappa shape index (κ1) is 14.0. The summed E-state index contributed by atoms with van der Waals surface area (Å²) in [6.45, 7) is 0. The lowest BCUT2D eigenvalue weighted by molar-refractivity contribution is -0.173. The Morgan fingerprint density at radius 2 is 1.82 bits per heavy atom. The standard InChI is InChI=1S/C19H23NO2/c21-17(6-7-20-16-4-2-1-3-5-16)18-9-14-8-15(10-18)12-19(22,11-14)13-18/h1-7,14-15,20,22H,8-13H2/b7-6+. The number of ketones is 1. The van der Waals surface area contributed by atoms with Crippen LogP contribution in [-0.2, 0) is 4.79 Å². The van der Waals surface area contributed by atoms with Gasteiger partial charge in [-0.05, 0) is 68.6 Å². The molecule has 0 amide bonds. The summed E-state index contributed by atoms with van der Waals surface area (Å²) in [6.07, 6.45) is 9.07. The van der Waals surface area contributed by atoms with Gasteiger partial charge in [-0.2, -0.15) is 0 Å². The predicted octanol–water partition coefficient (Wildman–Crippen LogP) is 3.51. The summed E-state index contributed by atoms with van der Waals surface area (Å²) in [6, 6.07) is 9.85. The van der Waals surface area contributed by atoms with Crippen LogP contribution in [0.1, 0.15) is 38.5 Å². The Hall–Kier alpha value is -1.61. The average molecular weight is 297 g/mol. The van der Waals surface area contributed by atoms with Crippen LogP contribution in [0.15, 0.2) is 42.6 Å². The van der Waals surface area contributed by atoms with Crippen molar-refractivity contribution in [1.82, 2.24) is 0 Å². The van der Waals surface area contributed by atoms with E-state index in [0.29, 0.717) is 18.3 Å². The van der Waals surface area contributed by atoms with Crippen LogP contribution >= 0.6 is 0 Å². The van der Waals surface area contributed by atoms with Gasteiger partial charge in [-0.3, -0.25) is 4.79 Å². The number of benzene rings is 1. The highest BCUT2D eigenvalue weighted by Gasteiger charge is 2.59. The van der Waals surface area contributed by atoms with E-state index in [1.165, 1.54) is 6.42 Å². The molecule has 5 rings (SSSR count). The molecule has 4 fully saturated rings. The number of carbonyl (C=O) groups is 1. The van der Waals surface area contributed by atoms with Crippen LogP contribution in [-0.4, -0.2) is 16.5 Å². The SMILES string of the molecule is O=C(/C=C/Nc1ccccc1)C12CC3CC(CC(O)(C3)C1)C2. The lowest BCUT2D eigenvalue weighted by Gasteiger charge is -2.59. The molecule has 116 valence electrons. The molecule has 4 aliphatic rings. The lowest BCUT2D eigenvalue weighted by Crippen LogP contribution is -2.57. The fraction of sp³-hybridized carbons (Fsp3) is 0.526. The second-order valence-corrected chi connectivity index (χ2v) is 7.67. The lowest BCUT2D eigenvalue weighted by atomic mass is 9.47. The minimum Gasteiger partial charge on any atom is -0.390 e. The van der Waals surface area contributed by atoms with Crippen LogP contribution in [0.4, 0.5) is 5.69 Å². The molecule has 22 heavy (non-hydrogen) atoms. The average Bonchev–Trinajstić information content (AvgIpc) is 2.45. The Balaban J connectivity index is 1.48. The topological polar surface area (TPSA) is 49.3 Å². The van der Waals surface area contributed by atoms with E-state index in [-0.39, 0.29) is 11.2 Å². The van der Waals surface area contributed by atoms with Gasteiger partial charge in [0.1, 0.15) is 0 Å². The molecule has 4 aliphatic carbocycles. The molecule has 3 heteroatoms. The molecular weight excluding hydrogens is 274 g/mol. The maximum absolute atomic E-state index is 12.8. The van der Waals surface area contributed by atoms with Crippen LogP contribution < -0.4 is 5.32 Å². The molecule has 2 atom stereocenters. The van der Waals surface area contributed by atoms with Crippen molar-refractivity contribution < 1.29 is 9.90 Å². The fourth-order valence-corrected chi connectivity index (χ4v) is 5.43. The summed E-state index contributed by atoms with van der Waals surface area (Å²) in [5.74, 6) is 1.29. The zero-order chi connectivity index (χ0) is 15.2. The zero-order valence-electron chi connectivity index (χ0n) is 12.8. The fourth-order valence-electron chi connectivity index (χ4n) is 5.43. The summed E-state index contributed by atoms with van der Waals surface area (Å²) in [7, 11) is 0. The highest BCUT2D eigenvalue weighted by atomic mass is 16.3. The van der Waals surface area contributed by atoms with E-state index in [4.69, 9.17) is 0 Å². The number of para-hydroxylation sites is 1. The number of carbonyl (C=O) groups excluding carboxylic acids is 1.